The van der Waals surface area contributed by atoms with Gasteiger partial charge in [0.15, 0.2) is 0 Å². The fraction of sp³-hybridized carbons (Fsp3) is 0.0500. The zero-order valence-electron chi connectivity index (χ0n) is 24.6. The zero-order valence-corrected chi connectivity index (χ0v) is 24.6. The summed E-state index contributed by atoms with van der Waals surface area (Å²) in [5.41, 5.74) is 9.92. The van der Waals surface area contributed by atoms with Crippen LogP contribution in [-0.4, -0.2) is 24.5 Å². The molecule has 5 heteroatoms. The van der Waals surface area contributed by atoms with Crippen molar-refractivity contribution in [1.82, 2.24) is 24.5 Å². The van der Waals surface area contributed by atoms with Crippen LogP contribution in [-0.2, 0) is 6.42 Å². The molecule has 0 unspecified atom stereocenters. The Morgan fingerprint density at radius 1 is 0.556 bits per heavy atom. The maximum absolute atomic E-state index is 5.27. The molecule has 0 atom stereocenters. The maximum atomic E-state index is 5.27. The van der Waals surface area contributed by atoms with Crippen LogP contribution in [0.2, 0.25) is 0 Å². The number of para-hydroxylation sites is 2. The summed E-state index contributed by atoms with van der Waals surface area (Å²) < 4.78 is 2.28. The van der Waals surface area contributed by atoms with Crippen molar-refractivity contribution in [3.8, 4) is 28.2 Å². The molecule has 0 aliphatic carbocycles. The van der Waals surface area contributed by atoms with Crippen LogP contribution in [0.25, 0.3) is 82.7 Å². The lowest BCUT2D eigenvalue weighted by Gasteiger charge is -2.12. The van der Waals surface area contributed by atoms with Gasteiger partial charge < -0.3 is 0 Å². The van der Waals surface area contributed by atoms with Crippen molar-refractivity contribution < 1.29 is 0 Å². The molecule has 0 spiro atoms. The van der Waals surface area contributed by atoms with Gasteiger partial charge in [-0.1, -0.05) is 97.9 Å². The average molecular weight is 578 g/mol. The zero-order chi connectivity index (χ0) is 29.9. The Morgan fingerprint density at radius 3 is 2.16 bits per heavy atom. The van der Waals surface area contributed by atoms with Crippen molar-refractivity contribution in [2.24, 2.45) is 0 Å². The fourth-order valence-corrected chi connectivity index (χ4v) is 6.63. The molecule has 4 aromatic heterocycles. The third kappa shape index (κ3) is 4.01. The van der Waals surface area contributed by atoms with E-state index in [0.29, 0.717) is 0 Å². The quantitative estimate of drug-likeness (QED) is 0.195. The van der Waals surface area contributed by atoms with Crippen LogP contribution in [0.4, 0.5) is 0 Å². The number of benzene rings is 5. The molecule has 0 radical (unpaired) electrons. The monoisotopic (exact) mass is 577 g/mol. The van der Waals surface area contributed by atoms with E-state index in [0.717, 1.165) is 95.0 Å². The maximum Gasteiger partial charge on any atom is 0.114 e. The molecule has 0 bridgehead atoms. The molecule has 45 heavy (non-hydrogen) atoms. The third-order valence-electron chi connectivity index (χ3n) is 8.78. The minimum Gasteiger partial charge on any atom is -0.296 e. The minimum atomic E-state index is 0.819. The van der Waals surface area contributed by atoms with E-state index in [1.165, 1.54) is 0 Å². The van der Waals surface area contributed by atoms with Crippen molar-refractivity contribution in [2.75, 3.05) is 0 Å². The summed E-state index contributed by atoms with van der Waals surface area (Å²) >= 11 is 0. The van der Waals surface area contributed by atoms with Gasteiger partial charge in [0.1, 0.15) is 5.82 Å². The number of pyridine rings is 3. The van der Waals surface area contributed by atoms with Gasteiger partial charge in [0.05, 0.1) is 39.0 Å². The summed E-state index contributed by atoms with van der Waals surface area (Å²) in [7, 11) is 0. The van der Waals surface area contributed by atoms with Crippen LogP contribution < -0.4 is 0 Å². The van der Waals surface area contributed by atoms with Gasteiger partial charge in [0.25, 0.3) is 0 Å². The van der Waals surface area contributed by atoms with E-state index in [1.807, 2.05) is 18.3 Å². The predicted molar refractivity (Wildman–Crippen MR) is 185 cm³/mol. The smallest absolute Gasteiger partial charge is 0.114 e. The van der Waals surface area contributed by atoms with Crippen LogP contribution in [0.1, 0.15) is 12.7 Å². The number of nitrogens with zero attached hydrogens (tertiary/aromatic N) is 5. The molecule has 0 amide bonds. The van der Waals surface area contributed by atoms with E-state index in [1.54, 1.807) is 0 Å². The Balaban J connectivity index is 1.25. The molecule has 0 aliphatic heterocycles. The second-order valence-corrected chi connectivity index (χ2v) is 11.4. The first-order valence-electron chi connectivity index (χ1n) is 15.3. The highest BCUT2D eigenvalue weighted by Gasteiger charge is 2.19. The van der Waals surface area contributed by atoms with Gasteiger partial charge in [-0.15, -0.1) is 0 Å². The second-order valence-electron chi connectivity index (χ2n) is 11.4. The van der Waals surface area contributed by atoms with E-state index in [9.17, 15) is 0 Å². The Labute approximate surface area is 259 Å². The topological polar surface area (TPSA) is 56.5 Å². The van der Waals surface area contributed by atoms with E-state index in [4.69, 9.17) is 15.0 Å². The summed E-state index contributed by atoms with van der Waals surface area (Å²) in [4.78, 5) is 20.2. The summed E-state index contributed by atoms with van der Waals surface area (Å²) in [6, 6.07) is 44.4. The Hall–Kier alpha value is -5.94. The minimum absolute atomic E-state index is 0.819. The molecular formula is C40H27N5. The molecule has 212 valence electrons. The number of imidazole rings is 1. The van der Waals surface area contributed by atoms with E-state index >= 15 is 0 Å². The molecule has 0 saturated carbocycles. The average Bonchev–Trinajstić information content (AvgIpc) is 3.50. The highest BCUT2D eigenvalue weighted by Crippen LogP contribution is 2.38. The Kier molecular flexibility index (Phi) is 5.72. The molecule has 0 fully saturated rings. The second kappa shape index (κ2) is 10.1. The van der Waals surface area contributed by atoms with Gasteiger partial charge in [-0.3, -0.25) is 9.55 Å². The third-order valence-corrected chi connectivity index (χ3v) is 8.78. The first kappa shape index (κ1) is 25.5. The van der Waals surface area contributed by atoms with Crippen LogP contribution in [0, 0.1) is 0 Å². The highest BCUT2D eigenvalue weighted by molar-refractivity contribution is 6.20. The van der Waals surface area contributed by atoms with E-state index < -0.39 is 0 Å². The number of aryl methyl sites for hydroxylation is 1. The first-order chi connectivity index (χ1) is 22.3. The van der Waals surface area contributed by atoms with Gasteiger partial charge in [-0.2, -0.15) is 0 Å². The van der Waals surface area contributed by atoms with Crippen LogP contribution in [0.15, 0.2) is 134 Å². The van der Waals surface area contributed by atoms with E-state index in [-0.39, 0.29) is 0 Å². The van der Waals surface area contributed by atoms with Gasteiger partial charge in [-0.05, 0) is 41.8 Å². The lowest BCUT2D eigenvalue weighted by molar-refractivity contribution is 0.908. The van der Waals surface area contributed by atoms with E-state index in [2.05, 4.69) is 132 Å². The van der Waals surface area contributed by atoms with Gasteiger partial charge in [-0.25, -0.2) is 15.0 Å². The van der Waals surface area contributed by atoms with Gasteiger partial charge in [0.2, 0.25) is 0 Å². The van der Waals surface area contributed by atoms with Crippen molar-refractivity contribution in [2.45, 2.75) is 13.3 Å². The largest absolute Gasteiger partial charge is 0.296 e. The van der Waals surface area contributed by atoms with Crippen LogP contribution in [0.3, 0.4) is 0 Å². The normalized spacial score (nSPS) is 11.8. The predicted octanol–water partition coefficient (Wildman–Crippen LogP) is 9.72. The molecular weight excluding hydrogens is 550 g/mol. The lowest BCUT2D eigenvalue weighted by atomic mass is 9.97. The molecule has 5 aromatic carbocycles. The lowest BCUT2D eigenvalue weighted by Crippen LogP contribution is -1.99. The number of hydrogen-bond acceptors (Lipinski definition) is 4. The molecule has 9 rings (SSSR count). The van der Waals surface area contributed by atoms with Crippen LogP contribution in [0.5, 0.6) is 0 Å². The number of hydrogen-bond donors (Lipinski definition) is 0. The van der Waals surface area contributed by atoms with Crippen LogP contribution >= 0.6 is 0 Å². The van der Waals surface area contributed by atoms with Gasteiger partial charge in [0, 0.05) is 51.0 Å². The van der Waals surface area contributed by atoms with Crippen molar-refractivity contribution in [1.29, 1.82) is 0 Å². The number of aromatic nitrogens is 5. The summed E-state index contributed by atoms with van der Waals surface area (Å²) in [6.45, 7) is 2.16. The molecule has 9 aromatic rings. The Bertz CT molecular complexity index is 2570. The Morgan fingerprint density at radius 2 is 1.31 bits per heavy atom. The number of fused-ring (bicyclic) bond motifs is 8. The van der Waals surface area contributed by atoms with Crippen molar-refractivity contribution in [3.05, 3.63) is 139 Å². The summed E-state index contributed by atoms with van der Waals surface area (Å²) in [5.74, 6) is 1.03. The molecule has 0 N–H and O–H groups in total. The molecule has 0 saturated heterocycles. The SMILES string of the molecule is CCc1nc2c3c(-c4ccc(-c5ccc6ccc7cccnc7c6n5)cc4)nc4ccccc4c3ccc2n1-c1ccccc1. The van der Waals surface area contributed by atoms with Crippen molar-refractivity contribution in [3.63, 3.8) is 0 Å². The highest BCUT2D eigenvalue weighted by atomic mass is 15.1. The first-order valence-corrected chi connectivity index (χ1v) is 15.3. The van der Waals surface area contributed by atoms with Crippen molar-refractivity contribution >= 4 is 54.5 Å². The summed E-state index contributed by atoms with van der Waals surface area (Å²) in [6.07, 6.45) is 2.65. The molecule has 5 nitrogen and oxygen atoms in total. The fourth-order valence-electron chi connectivity index (χ4n) is 6.63. The molecule has 4 heterocycles. The standard InChI is InChI=1S/C40H27N5/c1-2-35-44-40-34(45(35)29-10-4-3-5-11-29)23-21-31-30-12-6-7-13-33(30)43-37(36(31)40)27-16-14-25(15-17-27)32-22-20-28-19-18-26-9-8-24-41-38(26)39(28)42-32/h3-24H,2H2,1H3. The van der Waals surface area contributed by atoms with Gasteiger partial charge >= 0.3 is 0 Å². The summed E-state index contributed by atoms with van der Waals surface area (Å²) in [5, 5.41) is 5.53. The number of rotatable bonds is 4. The molecule has 0 aliphatic rings.